The summed E-state index contributed by atoms with van der Waals surface area (Å²) in [6.07, 6.45) is 0.285. The summed E-state index contributed by atoms with van der Waals surface area (Å²) in [4.78, 5) is 69.5. The molecule has 0 spiro atoms. The first-order valence-corrected chi connectivity index (χ1v) is 21.5. The molecule has 66 heavy (non-hydrogen) atoms. The van der Waals surface area contributed by atoms with Gasteiger partial charge in [0.1, 0.15) is 47.7 Å². The number of hydrogen-bond acceptors (Lipinski definition) is 13. The van der Waals surface area contributed by atoms with Crippen LogP contribution in [-0.4, -0.2) is 73.3 Å². The second kappa shape index (κ2) is 21.6. The summed E-state index contributed by atoms with van der Waals surface area (Å²) in [5.74, 6) is 2.64. The lowest BCUT2D eigenvalue weighted by Crippen LogP contribution is -2.37. The number of carbonyl (C=O) groups is 4. The summed E-state index contributed by atoms with van der Waals surface area (Å²) in [6.45, 7) is 1.99. The van der Waals surface area contributed by atoms with E-state index in [1.165, 1.54) is 11.7 Å². The van der Waals surface area contributed by atoms with E-state index in [0.29, 0.717) is 59.3 Å². The van der Waals surface area contributed by atoms with Crippen LogP contribution in [0.5, 0.6) is 23.0 Å². The van der Waals surface area contributed by atoms with Crippen LogP contribution in [0.15, 0.2) is 137 Å². The van der Waals surface area contributed by atoms with Crippen molar-refractivity contribution in [2.75, 3.05) is 20.3 Å². The second-order valence-electron chi connectivity index (χ2n) is 14.9. The van der Waals surface area contributed by atoms with Gasteiger partial charge in [0, 0.05) is 25.6 Å². The molecule has 3 heterocycles. The molecule has 3 amide bonds. The molecule has 1 aliphatic rings. The van der Waals surface area contributed by atoms with Gasteiger partial charge in [-0.2, -0.15) is 0 Å². The van der Waals surface area contributed by atoms with Crippen LogP contribution in [0.25, 0.3) is 22.4 Å². The van der Waals surface area contributed by atoms with Gasteiger partial charge in [-0.1, -0.05) is 66.4 Å². The van der Waals surface area contributed by atoms with Gasteiger partial charge < -0.3 is 28.5 Å². The number of imide groups is 1. The molecule has 2 N–H and O–H groups in total. The minimum atomic E-state index is -1.14. The zero-order chi connectivity index (χ0) is 46.6. The molecule has 2 aromatic heterocycles. The molecule has 1 saturated heterocycles. The van der Waals surface area contributed by atoms with Gasteiger partial charge in [-0.05, 0) is 97.3 Å². The van der Waals surface area contributed by atoms with E-state index in [2.05, 4.69) is 15.3 Å². The van der Waals surface area contributed by atoms with Crippen LogP contribution < -0.4 is 29.8 Å². The molecule has 1 unspecified atom stereocenters. The van der Waals surface area contributed by atoms with Gasteiger partial charge in [0.25, 0.3) is 10.8 Å². The van der Waals surface area contributed by atoms with Crippen LogP contribution in [-0.2, 0) is 42.6 Å². The van der Waals surface area contributed by atoms with Crippen molar-refractivity contribution in [3.8, 4) is 34.5 Å². The number of para-hydroxylation sites is 1. The highest BCUT2D eigenvalue weighted by Gasteiger charge is 2.31. The standard InChI is InChI=1S/C29H28N2O7.C20H17N3O4S/c1-20-26(30-28(37-20)22-6-4-3-5-7-22)16-17-36-24-10-8-21(9-11-24)18-31(19-27(32)33)29(34)38-25-14-12-23(35-2)13-15-25;1-23-17(21-15-5-3-2-4-14(15)19(23)25)11-27-13-8-6-12(7-9-13)10-16-18(24)22-20(26)28-16/h3-15H,16-19H2,1-2H3,(H,32,33);2-9,16H,10-11H2,1H3,(H,22,24,26). The summed E-state index contributed by atoms with van der Waals surface area (Å²) >= 11 is 1.01. The number of carbonyl (C=O) groups excluding carboxylic acids is 3. The summed E-state index contributed by atoms with van der Waals surface area (Å²) < 4.78 is 29.3. The smallest absolute Gasteiger partial charge is 0.416 e. The number of nitrogens with one attached hydrogen (secondary N) is 1. The maximum absolute atomic E-state index is 12.6. The van der Waals surface area contributed by atoms with E-state index in [4.69, 9.17) is 23.4 Å². The van der Waals surface area contributed by atoms with Crippen LogP contribution in [0.4, 0.5) is 9.59 Å². The molecule has 5 aromatic carbocycles. The highest BCUT2D eigenvalue weighted by Crippen LogP contribution is 2.25. The fourth-order valence-electron chi connectivity index (χ4n) is 6.70. The molecular weight excluding hydrogens is 867 g/mol. The molecule has 7 aromatic rings. The Kier molecular flexibility index (Phi) is 15.1. The molecule has 1 aliphatic heterocycles. The number of methoxy groups -OCH3 is 1. The Balaban J connectivity index is 0.000000205. The van der Waals surface area contributed by atoms with Crippen molar-refractivity contribution in [3.63, 3.8) is 0 Å². The third-order valence-corrected chi connectivity index (χ3v) is 11.2. The fourth-order valence-corrected chi connectivity index (χ4v) is 7.56. The predicted molar refractivity (Wildman–Crippen MR) is 246 cm³/mol. The van der Waals surface area contributed by atoms with Crippen LogP contribution in [0, 0.1) is 6.92 Å². The SMILES string of the molecule is COc1ccc(OC(=O)N(CC(=O)O)Cc2ccc(OCCc3nc(-c4ccccc4)oc3C)cc2)cc1.Cn1c(COc2ccc(CC3SC(=O)NC3=O)cc2)nc2ccccc2c1=O. The molecule has 0 radical (unpaired) electrons. The number of fused-ring (bicyclic) bond motifs is 1. The summed E-state index contributed by atoms with van der Waals surface area (Å²) in [7, 11) is 3.21. The van der Waals surface area contributed by atoms with E-state index in [9.17, 15) is 29.1 Å². The van der Waals surface area contributed by atoms with Crippen molar-refractivity contribution in [2.24, 2.45) is 7.05 Å². The molecular formula is C49H45N5O11S. The lowest BCUT2D eigenvalue weighted by atomic mass is 10.1. The monoisotopic (exact) mass is 911 g/mol. The number of thioether (sulfide) groups is 1. The molecule has 0 aliphatic carbocycles. The van der Waals surface area contributed by atoms with Gasteiger partial charge in [-0.15, -0.1) is 0 Å². The number of rotatable bonds is 16. The fraction of sp³-hybridized carbons (Fsp3) is 0.204. The van der Waals surface area contributed by atoms with E-state index in [0.717, 1.165) is 44.8 Å². The lowest BCUT2D eigenvalue weighted by Gasteiger charge is -2.20. The van der Waals surface area contributed by atoms with E-state index in [1.807, 2.05) is 61.5 Å². The molecule has 1 atom stereocenters. The molecule has 0 bridgehead atoms. The Morgan fingerprint density at radius 1 is 0.803 bits per heavy atom. The Bertz CT molecular complexity index is 2870. The molecule has 16 nitrogen and oxygen atoms in total. The molecule has 1 fully saturated rings. The Hall–Kier alpha value is -7.92. The Labute approximate surface area is 383 Å². The third kappa shape index (κ3) is 12.2. The number of carboxylic acids is 1. The first kappa shape index (κ1) is 46.1. The van der Waals surface area contributed by atoms with Crippen LogP contribution in [0.2, 0.25) is 0 Å². The van der Waals surface area contributed by atoms with Crippen molar-refractivity contribution in [3.05, 3.63) is 166 Å². The van der Waals surface area contributed by atoms with Gasteiger partial charge in [0.15, 0.2) is 0 Å². The van der Waals surface area contributed by atoms with Gasteiger partial charge in [0.05, 0.1) is 35.6 Å². The number of benzene rings is 5. The van der Waals surface area contributed by atoms with E-state index < -0.39 is 23.9 Å². The van der Waals surface area contributed by atoms with Crippen molar-refractivity contribution < 1.29 is 47.6 Å². The number of aryl methyl sites for hydroxylation is 1. The first-order chi connectivity index (χ1) is 31.9. The average molecular weight is 912 g/mol. The Morgan fingerprint density at radius 2 is 1.44 bits per heavy atom. The average Bonchev–Trinajstić information content (AvgIpc) is 3.86. The number of aromatic nitrogens is 3. The highest BCUT2D eigenvalue weighted by atomic mass is 32.2. The van der Waals surface area contributed by atoms with Crippen LogP contribution in [0.3, 0.4) is 0 Å². The zero-order valence-corrected chi connectivity index (χ0v) is 37.0. The zero-order valence-electron chi connectivity index (χ0n) is 36.2. The highest BCUT2D eigenvalue weighted by molar-refractivity contribution is 8.15. The summed E-state index contributed by atoms with van der Waals surface area (Å²) in [5.41, 5.74) is 3.95. The second-order valence-corrected chi connectivity index (χ2v) is 16.0. The number of nitrogens with zero attached hydrogens (tertiary/aromatic N) is 4. The normalized spacial score (nSPS) is 13.0. The largest absolute Gasteiger partial charge is 0.497 e. The topological polar surface area (TPSA) is 202 Å². The number of carboxylic acid groups (broad SMARTS) is 1. The van der Waals surface area contributed by atoms with E-state index in [1.54, 1.807) is 79.8 Å². The van der Waals surface area contributed by atoms with Crippen molar-refractivity contribution in [2.45, 2.75) is 38.2 Å². The van der Waals surface area contributed by atoms with Crippen molar-refractivity contribution in [1.82, 2.24) is 24.8 Å². The molecule has 17 heteroatoms. The lowest BCUT2D eigenvalue weighted by molar-refractivity contribution is -0.138. The molecule has 8 rings (SSSR count). The number of oxazole rings is 1. The third-order valence-electron chi connectivity index (χ3n) is 10.2. The summed E-state index contributed by atoms with van der Waals surface area (Å²) in [5, 5.41) is 11.4. The summed E-state index contributed by atoms with van der Waals surface area (Å²) in [6, 6.07) is 37.8. The van der Waals surface area contributed by atoms with Gasteiger partial charge in [-0.3, -0.25) is 34.0 Å². The quantitative estimate of drug-likeness (QED) is 0.0952. The van der Waals surface area contributed by atoms with Gasteiger partial charge in [0.2, 0.25) is 11.8 Å². The van der Waals surface area contributed by atoms with E-state index in [-0.39, 0.29) is 35.6 Å². The molecule has 0 saturated carbocycles. The van der Waals surface area contributed by atoms with Crippen LogP contribution in [0.1, 0.15) is 28.4 Å². The maximum atomic E-state index is 12.6. The minimum absolute atomic E-state index is 0.0575. The number of amides is 3. The maximum Gasteiger partial charge on any atom is 0.416 e. The minimum Gasteiger partial charge on any atom is -0.497 e. The Morgan fingerprint density at radius 3 is 2.11 bits per heavy atom. The van der Waals surface area contributed by atoms with Crippen molar-refractivity contribution in [1.29, 1.82) is 0 Å². The number of hydrogen-bond donors (Lipinski definition) is 2. The van der Waals surface area contributed by atoms with Gasteiger partial charge >= 0.3 is 12.1 Å². The predicted octanol–water partition coefficient (Wildman–Crippen LogP) is 7.77. The van der Waals surface area contributed by atoms with Crippen LogP contribution >= 0.6 is 11.8 Å². The van der Waals surface area contributed by atoms with Crippen molar-refractivity contribution >= 4 is 45.9 Å². The van der Waals surface area contributed by atoms with Gasteiger partial charge in [-0.25, -0.2) is 14.8 Å². The molecule has 338 valence electrons. The number of ether oxygens (including phenoxy) is 4. The van der Waals surface area contributed by atoms with E-state index >= 15 is 0 Å². The first-order valence-electron chi connectivity index (χ1n) is 20.7. The number of aliphatic carboxylic acids is 1.